The van der Waals surface area contributed by atoms with Gasteiger partial charge in [0.15, 0.2) is 5.78 Å². The topological polar surface area (TPSA) is 46.2 Å². The molecule has 0 radical (unpaired) electrons. The molecule has 0 aliphatic rings. The standard InChI is InChI=1S/C11H21NO2/c1-6-7-9(14)10(11(3,4)5)12-8(2)13/h10H,6-7H2,1-5H3,(H,12,13). The van der Waals surface area contributed by atoms with Gasteiger partial charge in [-0.05, 0) is 11.8 Å². The smallest absolute Gasteiger partial charge is 0.217 e. The molecule has 0 saturated heterocycles. The van der Waals surface area contributed by atoms with Crippen molar-refractivity contribution < 1.29 is 9.59 Å². The fourth-order valence-corrected chi connectivity index (χ4v) is 1.37. The van der Waals surface area contributed by atoms with Crippen LogP contribution in [-0.2, 0) is 9.59 Å². The van der Waals surface area contributed by atoms with E-state index in [0.29, 0.717) is 6.42 Å². The number of amides is 1. The molecule has 82 valence electrons. The van der Waals surface area contributed by atoms with Gasteiger partial charge < -0.3 is 5.32 Å². The predicted octanol–water partition coefficient (Wildman–Crippen LogP) is 1.91. The molecule has 0 rings (SSSR count). The third-order valence-electron chi connectivity index (χ3n) is 2.03. The van der Waals surface area contributed by atoms with E-state index in [1.807, 2.05) is 27.7 Å². The number of carbonyl (C=O) groups excluding carboxylic acids is 2. The van der Waals surface area contributed by atoms with Gasteiger partial charge in [0, 0.05) is 13.3 Å². The van der Waals surface area contributed by atoms with Crippen molar-refractivity contribution in [3.8, 4) is 0 Å². The van der Waals surface area contributed by atoms with Gasteiger partial charge in [0.05, 0.1) is 6.04 Å². The van der Waals surface area contributed by atoms with Crippen LogP contribution < -0.4 is 5.32 Å². The molecule has 0 aromatic heterocycles. The molecule has 3 heteroatoms. The zero-order chi connectivity index (χ0) is 11.4. The van der Waals surface area contributed by atoms with Crippen molar-refractivity contribution in [3.05, 3.63) is 0 Å². The van der Waals surface area contributed by atoms with E-state index in [1.54, 1.807) is 0 Å². The van der Waals surface area contributed by atoms with E-state index in [4.69, 9.17) is 0 Å². The van der Waals surface area contributed by atoms with Gasteiger partial charge in [-0.3, -0.25) is 9.59 Å². The summed E-state index contributed by atoms with van der Waals surface area (Å²) < 4.78 is 0. The van der Waals surface area contributed by atoms with Crippen molar-refractivity contribution >= 4 is 11.7 Å². The molecule has 14 heavy (non-hydrogen) atoms. The molecular weight excluding hydrogens is 178 g/mol. The van der Waals surface area contributed by atoms with Crippen molar-refractivity contribution in [2.45, 2.75) is 53.5 Å². The fraction of sp³-hybridized carbons (Fsp3) is 0.818. The molecule has 0 heterocycles. The zero-order valence-corrected chi connectivity index (χ0v) is 9.81. The molecule has 3 nitrogen and oxygen atoms in total. The van der Waals surface area contributed by atoms with Gasteiger partial charge in [-0.25, -0.2) is 0 Å². The third kappa shape index (κ3) is 4.40. The third-order valence-corrected chi connectivity index (χ3v) is 2.03. The molecule has 0 bridgehead atoms. The Labute approximate surface area is 86.3 Å². The Morgan fingerprint density at radius 2 is 1.79 bits per heavy atom. The maximum atomic E-state index is 11.7. The van der Waals surface area contributed by atoms with Crippen LogP contribution in [0.4, 0.5) is 0 Å². The molecular formula is C11H21NO2. The van der Waals surface area contributed by atoms with E-state index in [9.17, 15) is 9.59 Å². The van der Waals surface area contributed by atoms with Gasteiger partial charge in [0.1, 0.15) is 0 Å². The Balaban J connectivity index is 4.55. The number of rotatable bonds is 4. The number of nitrogens with one attached hydrogen (secondary N) is 1. The maximum Gasteiger partial charge on any atom is 0.217 e. The minimum absolute atomic E-state index is 0.121. The summed E-state index contributed by atoms with van der Waals surface area (Å²) in [7, 11) is 0. The van der Waals surface area contributed by atoms with Crippen LogP contribution in [0.25, 0.3) is 0 Å². The molecule has 0 saturated carbocycles. The van der Waals surface area contributed by atoms with Crippen LogP contribution in [0.5, 0.6) is 0 Å². The van der Waals surface area contributed by atoms with E-state index >= 15 is 0 Å². The minimum Gasteiger partial charge on any atom is -0.346 e. The minimum atomic E-state index is -0.361. The van der Waals surface area contributed by atoms with Crippen LogP contribution in [0.1, 0.15) is 47.5 Å². The fourth-order valence-electron chi connectivity index (χ4n) is 1.37. The normalized spacial score (nSPS) is 13.5. The first-order chi connectivity index (χ1) is 6.29. The molecule has 0 aromatic carbocycles. The van der Waals surface area contributed by atoms with Crippen molar-refractivity contribution in [1.82, 2.24) is 5.32 Å². The van der Waals surface area contributed by atoms with E-state index in [2.05, 4.69) is 5.32 Å². The first-order valence-corrected chi connectivity index (χ1v) is 5.08. The second kappa shape index (κ2) is 5.13. The van der Waals surface area contributed by atoms with Crippen molar-refractivity contribution in [2.24, 2.45) is 5.41 Å². The van der Waals surface area contributed by atoms with E-state index < -0.39 is 0 Å². The highest BCUT2D eigenvalue weighted by Crippen LogP contribution is 2.21. The molecule has 0 aliphatic heterocycles. The monoisotopic (exact) mass is 199 g/mol. The number of carbonyl (C=O) groups is 2. The van der Waals surface area contributed by atoms with Gasteiger partial charge in [-0.2, -0.15) is 0 Å². The van der Waals surface area contributed by atoms with Crippen molar-refractivity contribution in [3.63, 3.8) is 0 Å². The number of hydrogen-bond donors (Lipinski definition) is 1. The van der Waals surface area contributed by atoms with Gasteiger partial charge in [-0.15, -0.1) is 0 Å². The second-order valence-electron chi connectivity index (χ2n) is 4.72. The molecule has 0 fully saturated rings. The Bertz CT molecular complexity index is 216. The number of ketones is 1. The molecule has 1 amide bonds. The Hall–Kier alpha value is -0.860. The van der Waals surface area contributed by atoms with Crippen LogP contribution in [0.3, 0.4) is 0 Å². The quantitative estimate of drug-likeness (QED) is 0.751. The molecule has 0 aliphatic carbocycles. The van der Waals surface area contributed by atoms with Crippen LogP contribution in [0.15, 0.2) is 0 Å². The molecule has 0 aromatic rings. The Morgan fingerprint density at radius 3 is 2.07 bits per heavy atom. The van der Waals surface area contributed by atoms with Crippen LogP contribution >= 0.6 is 0 Å². The highest BCUT2D eigenvalue weighted by atomic mass is 16.2. The highest BCUT2D eigenvalue weighted by molar-refractivity contribution is 5.89. The van der Waals surface area contributed by atoms with E-state index in [-0.39, 0.29) is 23.1 Å². The van der Waals surface area contributed by atoms with Crippen molar-refractivity contribution in [1.29, 1.82) is 0 Å². The maximum absolute atomic E-state index is 11.7. The summed E-state index contributed by atoms with van der Waals surface area (Å²) in [6.45, 7) is 9.28. The predicted molar refractivity (Wildman–Crippen MR) is 57.0 cm³/mol. The van der Waals surface area contributed by atoms with E-state index in [0.717, 1.165) is 6.42 Å². The largest absolute Gasteiger partial charge is 0.346 e. The molecule has 1 unspecified atom stereocenters. The van der Waals surface area contributed by atoms with E-state index in [1.165, 1.54) is 6.92 Å². The average Bonchev–Trinajstić information content (AvgIpc) is 1.98. The lowest BCUT2D eigenvalue weighted by Crippen LogP contribution is -2.48. The summed E-state index contributed by atoms with van der Waals surface area (Å²) in [5.41, 5.74) is -0.210. The summed E-state index contributed by atoms with van der Waals surface area (Å²) in [5.74, 6) is -0.0235. The van der Waals surface area contributed by atoms with Gasteiger partial charge in [0.25, 0.3) is 0 Å². The summed E-state index contributed by atoms with van der Waals surface area (Å²) in [6.07, 6.45) is 1.35. The second-order valence-corrected chi connectivity index (χ2v) is 4.72. The Morgan fingerprint density at radius 1 is 1.29 bits per heavy atom. The van der Waals surface area contributed by atoms with Gasteiger partial charge in [0.2, 0.25) is 5.91 Å². The van der Waals surface area contributed by atoms with Crippen molar-refractivity contribution in [2.75, 3.05) is 0 Å². The summed E-state index contributed by atoms with van der Waals surface area (Å²) in [4.78, 5) is 22.7. The summed E-state index contributed by atoms with van der Waals surface area (Å²) in [6, 6.07) is -0.361. The highest BCUT2D eigenvalue weighted by Gasteiger charge is 2.30. The number of hydrogen-bond acceptors (Lipinski definition) is 2. The Kier molecular flexibility index (Phi) is 4.81. The van der Waals surface area contributed by atoms with Crippen LogP contribution in [-0.4, -0.2) is 17.7 Å². The lowest BCUT2D eigenvalue weighted by molar-refractivity contribution is -0.129. The van der Waals surface area contributed by atoms with Crippen LogP contribution in [0, 0.1) is 5.41 Å². The molecule has 0 spiro atoms. The lowest BCUT2D eigenvalue weighted by atomic mass is 9.83. The van der Waals surface area contributed by atoms with Gasteiger partial charge >= 0.3 is 0 Å². The molecule has 1 atom stereocenters. The first-order valence-electron chi connectivity index (χ1n) is 5.08. The average molecular weight is 199 g/mol. The summed E-state index contributed by atoms with van der Waals surface area (Å²) in [5, 5.41) is 2.72. The first kappa shape index (κ1) is 13.1. The summed E-state index contributed by atoms with van der Waals surface area (Å²) >= 11 is 0. The zero-order valence-electron chi connectivity index (χ0n) is 9.81. The number of Topliss-reactive ketones (excluding diaryl/α,β-unsaturated/α-hetero) is 1. The van der Waals surface area contributed by atoms with Gasteiger partial charge in [-0.1, -0.05) is 27.7 Å². The molecule has 1 N–H and O–H groups in total. The van der Waals surface area contributed by atoms with Crippen LogP contribution in [0.2, 0.25) is 0 Å². The lowest BCUT2D eigenvalue weighted by Gasteiger charge is -2.29. The SMILES string of the molecule is CCCC(=O)C(NC(C)=O)C(C)(C)C.